The Balaban J connectivity index is 1.92. The van der Waals surface area contributed by atoms with E-state index in [0.29, 0.717) is 18.5 Å². The second-order valence-electron chi connectivity index (χ2n) is 7.14. The Labute approximate surface area is 193 Å². The van der Waals surface area contributed by atoms with Crippen LogP contribution < -0.4 is 21.9 Å². The molecule has 0 aliphatic rings. The normalized spacial score (nSPS) is 11.2. The van der Waals surface area contributed by atoms with Crippen molar-refractivity contribution in [1.82, 2.24) is 9.55 Å². The first kappa shape index (κ1) is 24.1. The van der Waals surface area contributed by atoms with Gasteiger partial charge in [0.25, 0.3) is 11.5 Å². The zero-order valence-corrected chi connectivity index (χ0v) is 19.2. The van der Waals surface area contributed by atoms with Crippen molar-refractivity contribution in [3.63, 3.8) is 0 Å². The molecular weight excluding hydrogens is 447 g/mol. The van der Waals surface area contributed by atoms with E-state index in [1.54, 1.807) is 36.4 Å². The number of rotatable bonds is 9. The fourth-order valence-electron chi connectivity index (χ4n) is 3.29. The molecule has 3 aromatic rings. The van der Waals surface area contributed by atoms with E-state index in [-0.39, 0.29) is 30.5 Å². The van der Waals surface area contributed by atoms with Crippen LogP contribution in [0, 0.1) is 5.82 Å². The maximum atomic E-state index is 14.0. The molecule has 3 rings (SSSR count). The summed E-state index contributed by atoms with van der Waals surface area (Å²) in [7, 11) is 1.47. The Morgan fingerprint density at radius 3 is 2.73 bits per heavy atom. The maximum absolute atomic E-state index is 14.0. The molecule has 2 heterocycles. The van der Waals surface area contributed by atoms with E-state index in [2.05, 4.69) is 4.98 Å². The first-order valence-electron chi connectivity index (χ1n) is 10.3. The number of H-pyrrole nitrogens is 1. The Bertz CT molecular complexity index is 1280. The number of hydrogen-bond acceptors (Lipinski definition) is 6. The van der Waals surface area contributed by atoms with E-state index in [0.717, 1.165) is 9.75 Å². The summed E-state index contributed by atoms with van der Waals surface area (Å²) >= 11 is 1.32. The van der Waals surface area contributed by atoms with Crippen LogP contribution in [-0.4, -0.2) is 35.7 Å². The third kappa shape index (κ3) is 5.47. The predicted octanol–water partition coefficient (Wildman–Crippen LogP) is 3.09. The average molecular weight is 473 g/mol. The molecule has 0 spiro atoms. The lowest BCUT2D eigenvalue weighted by molar-refractivity contribution is -0.114. The average Bonchev–Trinajstić information content (AvgIpc) is 3.26. The molecule has 33 heavy (non-hydrogen) atoms. The number of anilines is 2. The van der Waals surface area contributed by atoms with E-state index >= 15 is 0 Å². The lowest BCUT2D eigenvalue weighted by Gasteiger charge is -2.23. The number of nitrogens with one attached hydrogen (secondary N) is 1. The molecule has 10 heteroatoms. The number of methoxy groups -OCH3 is 1. The zero-order valence-electron chi connectivity index (χ0n) is 18.3. The predicted molar refractivity (Wildman–Crippen MR) is 129 cm³/mol. The van der Waals surface area contributed by atoms with Crippen LogP contribution in [0.15, 0.2) is 52.1 Å². The van der Waals surface area contributed by atoms with Crippen LogP contribution in [-0.2, 0) is 16.1 Å². The van der Waals surface area contributed by atoms with Gasteiger partial charge in [0.2, 0.25) is 0 Å². The number of nitrogen functional groups attached to an aromatic ring is 1. The first-order valence-corrected chi connectivity index (χ1v) is 11.1. The largest absolute Gasteiger partial charge is 0.383 e. The molecule has 0 aliphatic heterocycles. The minimum Gasteiger partial charge on any atom is -0.383 e. The Kier molecular flexibility index (Phi) is 7.96. The van der Waals surface area contributed by atoms with Gasteiger partial charge in [0.1, 0.15) is 11.6 Å². The number of aromatic nitrogens is 2. The van der Waals surface area contributed by atoms with Crippen molar-refractivity contribution in [3.05, 3.63) is 74.0 Å². The van der Waals surface area contributed by atoms with Crippen LogP contribution in [0.5, 0.6) is 0 Å². The lowest BCUT2D eigenvalue weighted by Crippen LogP contribution is -2.42. The molecule has 0 saturated heterocycles. The second kappa shape index (κ2) is 10.9. The van der Waals surface area contributed by atoms with E-state index < -0.39 is 17.2 Å². The zero-order chi connectivity index (χ0) is 24.0. The van der Waals surface area contributed by atoms with Crippen molar-refractivity contribution in [2.75, 3.05) is 30.9 Å². The molecule has 8 nitrogen and oxygen atoms in total. The molecule has 1 aromatic carbocycles. The Hall–Kier alpha value is -3.50. The van der Waals surface area contributed by atoms with Gasteiger partial charge in [-0.15, -0.1) is 11.3 Å². The number of aromatic amines is 1. The second-order valence-corrected chi connectivity index (χ2v) is 8.26. The van der Waals surface area contributed by atoms with Gasteiger partial charge in [-0.1, -0.05) is 25.1 Å². The van der Waals surface area contributed by atoms with Crippen LogP contribution >= 0.6 is 11.3 Å². The summed E-state index contributed by atoms with van der Waals surface area (Å²) in [6.45, 7) is 2.37. The highest BCUT2D eigenvalue weighted by Crippen LogP contribution is 2.30. The number of carbonyl (C=O) groups is 1. The summed E-state index contributed by atoms with van der Waals surface area (Å²) in [6, 6.07) is 10.0. The van der Waals surface area contributed by atoms with Gasteiger partial charge < -0.3 is 10.5 Å². The number of ether oxygens (including phenoxy) is 1. The SMILES string of the molecule is CCCn1c(N)c(N(CCOC)C(=O)/C=C/c2ccc(-c3ccccc3F)s2)c(=O)[nH]c1=O. The van der Waals surface area contributed by atoms with Gasteiger partial charge in [0.15, 0.2) is 5.69 Å². The van der Waals surface area contributed by atoms with E-state index in [4.69, 9.17) is 10.5 Å². The number of benzene rings is 1. The number of halogens is 1. The van der Waals surface area contributed by atoms with Crippen LogP contribution in [0.1, 0.15) is 18.2 Å². The van der Waals surface area contributed by atoms with Crippen molar-refractivity contribution >= 4 is 34.8 Å². The topological polar surface area (TPSA) is 110 Å². The molecule has 0 saturated carbocycles. The van der Waals surface area contributed by atoms with Gasteiger partial charge in [0.05, 0.1) is 6.61 Å². The maximum Gasteiger partial charge on any atom is 0.330 e. The molecule has 0 fully saturated rings. The van der Waals surface area contributed by atoms with Crippen molar-refractivity contribution in [1.29, 1.82) is 0 Å². The molecule has 0 radical (unpaired) electrons. The number of hydrogen-bond donors (Lipinski definition) is 2. The smallest absolute Gasteiger partial charge is 0.330 e. The standard InChI is InChI=1S/C23H25FN4O4S/c1-3-12-28-21(25)20(22(30)26-23(28)31)27(13-14-32-2)19(29)11-9-15-8-10-18(33-15)16-6-4-5-7-17(16)24/h4-11H,3,12-14,25H2,1-2H3,(H,26,30,31)/b11-9+. The van der Waals surface area contributed by atoms with E-state index in [1.807, 2.05) is 6.92 Å². The van der Waals surface area contributed by atoms with Gasteiger partial charge >= 0.3 is 5.69 Å². The highest BCUT2D eigenvalue weighted by atomic mass is 32.1. The minimum atomic E-state index is -0.749. The molecule has 174 valence electrons. The third-order valence-corrected chi connectivity index (χ3v) is 5.96. The quantitative estimate of drug-likeness (QED) is 0.465. The number of nitrogens with two attached hydrogens (primary N) is 1. The molecule has 2 aromatic heterocycles. The first-order chi connectivity index (χ1) is 15.9. The minimum absolute atomic E-state index is 0.0577. The fraction of sp³-hybridized carbons (Fsp3) is 0.261. The van der Waals surface area contributed by atoms with Gasteiger partial charge in [-0.2, -0.15) is 0 Å². The van der Waals surface area contributed by atoms with Crippen molar-refractivity contribution < 1.29 is 13.9 Å². The molecule has 0 aliphatic carbocycles. The summed E-state index contributed by atoms with van der Waals surface area (Å²) < 4.78 is 20.4. The number of carbonyl (C=O) groups excluding carboxylic acids is 1. The van der Waals surface area contributed by atoms with Crippen LogP contribution in [0.2, 0.25) is 0 Å². The highest BCUT2D eigenvalue weighted by Gasteiger charge is 2.22. The molecule has 3 N–H and O–H groups in total. The fourth-order valence-corrected chi connectivity index (χ4v) is 4.23. The van der Waals surface area contributed by atoms with Crippen molar-refractivity contribution in [2.24, 2.45) is 0 Å². The molecule has 0 bridgehead atoms. The summed E-state index contributed by atoms with van der Waals surface area (Å²) in [5, 5.41) is 0. The summed E-state index contributed by atoms with van der Waals surface area (Å²) in [4.78, 5) is 42.6. The van der Waals surface area contributed by atoms with Crippen molar-refractivity contribution in [2.45, 2.75) is 19.9 Å². The number of amides is 1. The number of thiophene rings is 1. The summed E-state index contributed by atoms with van der Waals surface area (Å²) in [5.74, 6) is -0.915. The Morgan fingerprint density at radius 1 is 1.27 bits per heavy atom. The lowest BCUT2D eigenvalue weighted by atomic mass is 10.2. The molecular formula is C23H25FN4O4S. The van der Waals surface area contributed by atoms with E-state index in [1.165, 1.54) is 40.1 Å². The van der Waals surface area contributed by atoms with Gasteiger partial charge in [0, 0.05) is 41.6 Å². The third-order valence-electron chi connectivity index (χ3n) is 4.87. The Morgan fingerprint density at radius 2 is 2.03 bits per heavy atom. The summed E-state index contributed by atoms with van der Waals surface area (Å²) in [6.07, 6.45) is 3.51. The van der Waals surface area contributed by atoms with Crippen LogP contribution in [0.3, 0.4) is 0 Å². The van der Waals surface area contributed by atoms with Gasteiger partial charge in [-0.05, 0) is 30.7 Å². The van der Waals surface area contributed by atoms with Crippen LogP contribution in [0.25, 0.3) is 16.5 Å². The molecule has 0 unspecified atom stereocenters. The van der Waals surface area contributed by atoms with E-state index in [9.17, 15) is 18.8 Å². The van der Waals surface area contributed by atoms with Crippen molar-refractivity contribution in [3.8, 4) is 10.4 Å². The van der Waals surface area contributed by atoms with Gasteiger partial charge in [-0.25, -0.2) is 9.18 Å². The number of nitrogens with zero attached hydrogens (tertiary/aromatic N) is 2. The van der Waals surface area contributed by atoms with Gasteiger partial charge in [-0.3, -0.25) is 24.0 Å². The van der Waals surface area contributed by atoms with Crippen LogP contribution in [0.4, 0.5) is 15.9 Å². The summed E-state index contributed by atoms with van der Waals surface area (Å²) in [5.41, 5.74) is 5.12. The highest BCUT2D eigenvalue weighted by molar-refractivity contribution is 7.16. The monoisotopic (exact) mass is 472 g/mol. The molecule has 1 amide bonds. The molecule has 0 atom stereocenters.